The van der Waals surface area contributed by atoms with E-state index in [1.807, 2.05) is 6.08 Å². The molecule has 90 heavy (non-hydrogen) atoms. The fraction of sp³-hybridized carbons (Fsp3) is 0.896. The molecule has 0 saturated carbocycles. The second kappa shape index (κ2) is 48.0. The first-order valence-electron chi connectivity index (χ1n) is 34.7. The highest BCUT2D eigenvalue weighted by Gasteiger charge is 2.60. The molecular formula is C67H122N2O21. The number of carboxylic acid groups (broad SMARTS) is 1. The Morgan fingerprint density at radius 3 is 1.51 bits per heavy atom. The summed E-state index contributed by atoms with van der Waals surface area (Å²) in [4.78, 5) is 38.5. The smallest absolute Gasteiger partial charge is 0.364 e. The number of rotatable bonds is 52. The van der Waals surface area contributed by atoms with Gasteiger partial charge in [0.1, 0.15) is 67.1 Å². The number of hydrogen-bond acceptors (Lipinski definition) is 20. The fourth-order valence-electron chi connectivity index (χ4n) is 12.1. The summed E-state index contributed by atoms with van der Waals surface area (Å²) < 4.78 is 34.7. The van der Waals surface area contributed by atoms with Gasteiger partial charge in [0.05, 0.1) is 50.7 Å². The Bertz CT molecular complexity index is 1920. The van der Waals surface area contributed by atoms with Gasteiger partial charge in [-0.25, -0.2) is 4.79 Å². The van der Waals surface area contributed by atoms with Crippen LogP contribution in [0.25, 0.3) is 0 Å². The van der Waals surface area contributed by atoms with Crippen LogP contribution >= 0.6 is 0 Å². The van der Waals surface area contributed by atoms with Crippen LogP contribution < -0.4 is 10.6 Å². The number of aliphatic hydroxyl groups is 11. The first-order valence-corrected chi connectivity index (χ1v) is 34.7. The zero-order chi connectivity index (χ0) is 66.1. The van der Waals surface area contributed by atoms with Crippen molar-refractivity contribution in [3.63, 3.8) is 0 Å². The number of amides is 2. The summed E-state index contributed by atoms with van der Waals surface area (Å²) in [5.41, 5.74) is 0. The van der Waals surface area contributed by atoms with E-state index >= 15 is 0 Å². The van der Waals surface area contributed by atoms with Crippen molar-refractivity contribution in [1.29, 1.82) is 0 Å². The van der Waals surface area contributed by atoms with Crippen LogP contribution in [0.1, 0.15) is 245 Å². The molecule has 0 aromatic rings. The van der Waals surface area contributed by atoms with Gasteiger partial charge in [-0.1, -0.05) is 205 Å². The SMILES string of the molecule is CCCCCCCCCCC/C=C/C(O)C(COC1OC(CO)C(OC2OC(CO)C(O)C(OC3(C(=O)O)CC(O)C(NC(C)=O)C(C(O)C(O)CO)O3)C2O)C(O)C1O)NC(=O)CCCCCCCCCCC/C=C\CCCCCCCCCCCCCC. The number of carbonyl (C=O) groups is 3. The molecule has 0 aromatic carbocycles. The number of nitrogens with one attached hydrogen (secondary N) is 2. The molecule has 0 radical (unpaired) electrons. The number of allylic oxidation sites excluding steroid dienone is 3. The van der Waals surface area contributed by atoms with Crippen molar-refractivity contribution in [3.05, 3.63) is 24.3 Å². The highest BCUT2D eigenvalue weighted by atomic mass is 16.8. The van der Waals surface area contributed by atoms with E-state index in [2.05, 4.69) is 36.6 Å². The fourth-order valence-corrected chi connectivity index (χ4v) is 12.1. The van der Waals surface area contributed by atoms with Gasteiger partial charge >= 0.3 is 5.97 Å². The van der Waals surface area contributed by atoms with Gasteiger partial charge < -0.3 is 100 Å². The number of ether oxygens (including phenoxy) is 6. The van der Waals surface area contributed by atoms with E-state index in [9.17, 15) is 75.7 Å². The van der Waals surface area contributed by atoms with Crippen molar-refractivity contribution < 1.29 is 104 Å². The van der Waals surface area contributed by atoms with Crippen LogP contribution in [-0.2, 0) is 42.8 Å². The number of hydrogen-bond donors (Lipinski definition) is 14. The predicted molar refractivity (Wildman–Crippen MR) is 338 cm³/mol. The summed E-state index contributed by atoms with van der Waals surface area (Å²) in [5, 5.41) is 136. The molecule has 0 spiro atoms. The Morgan fingerprint density at radius 1 is 0.578 bits per heavy atom. The van der Waals surface area contributed by atoms with Gasteiger partial charge in [0.15, 0.2) is 12.6 Å². The zero-order valence-electron chi connectivity index (χ0n) is 54.7. The van der Waals surface area contributed by atoms with Crippen LogP contribution in [0.3, 0.4) is 0 Å². The summed E-state index contributed by atoms with van der Waals surface area (Å²) in [5.74, 6) is -6.15. The minimum atomic E-state index is -3.08. The molecule has 2 amide bonds. The average Bonchev–Trinajstić information content (AvgIpc) is 0.767. The normalized spacial score (nSPS) is 28.7. The van der Waals surface area contributed by atoms with E-state index in [4.69, 9.17) is 28.4 Å². The van der Waals surface area contributed by atoms with E-state index in [0.29, 0.717) is 12.8 Å². The Balaban J connectivity index is 1.55. The standard InChI is InChI=1S/C67H122N2O21/c1-4-6-8-10-12-14-16-17-18-19-20-21-22-23-24-25-26-27-28-29-31-33-35-37-39-41-54(77)69-48(49(74)40-38-36-34-32-30-15-13-11-9-7-5-2)46-85-64-59(81)58(80)61(53(45-72)87-64)88-65-60(82)63(57(79)52(44-71)86-65)90-67(66(83)84)42-50(75)55(68-47(3)73)62(89-67)56(78)51(76)43-70/h23-24,38,40,48-53,55-65,70-72,74-76,78-82H,4-22,25-37,39,41-46H2,1-3H3,(H,68,73)(H,69,77)(H,83,84)/b24-23-,40-38+. The molecule has 0 aliphatic carbocycles. The highest BCUT2D eigenvalue weighted by Crippen LogP contribution is 2.39. The van der Waals surface area contributed by atoms with Crippen LogP contribution in [0.4, 0.5) is 0 Å². The quantitative estimate of drug-likeness (QED) is 0.0243. The van der Waals surface area contributed by atoms with Gasteiger partial charge in [-0.15, -0.1) is 0 Å². The third-order valence-electron chi connectivity index (χ3n) is 17.6. The van der Waals surface area contributed by atoms with Crippen LogP contribution in [0.5, 0.6) is 0 Å². The van der Waals surface area contributed by atoms with E-state index in [1.54, 1.807) is 6.08 Å². The lowest BCUT2D eigenvalue weighted by molar-refractivity contribution is -0.386. The van der Waals surface area contributed by atoms with Crippen molar-refractivity contribution in [2.24, 2.45) is 0 Å². The molecule has 18 unspecified atom stereocenters. The van der Waals surface area contributed by atoms with E-state index in [0.717, 1.165) is 58.3 Å². The largest absolute Gasteiger partial charge is 0.477 e. The van der Waals surface area contributed by atoms with Crippen LogP contribution in [0.15, 0.2) is 24.3 Å². The molecule has 3 saturated heterocycles. The molecule has 3 rings (SSSR count). The predicted octanol–water partition coefficient (Wildman–Crippen LogP) is 6.06. The van der Waals surface area contributed by atoms with Crippen molar-refractivity contribution in [2.45, 2.75) is 355 Å². The molecule has 3 fully saturated rings. The summed E-state index contributed by atoms with van der Waals surface area (Å²) in [6.45, 7) is 2.11. The van der Waals surface area contributed by atoms with E-state index < -0.39 is 155 Å². The first-order chi connectivity index (χ1) is 43.4. The van der Waals surface area contributed by atoms with Gasteiger partial charge in [-0.2, -0.15) is 0 Å². The van der Waals surface area contributed by atoms with Gasteiger partial charge in [-0.3, -0.25) is 9.59 Å². The summed E-state index contributed by atoms with van der Waals surface area (Å²) in [7, 11) is 0. The first kappa shape index (κ1) is 81.4. The van der Waals surface area contributed by atoms with Crippen molar-refractivity contribution >= 4 is 17.8 Å². The summed E-state index contributed by atoms with van der Waals surface area (Å²) in [6, 6.07) is -2.62. The topological polar surface area (TPSA) is 373 Å². The Morgan fingerprint density at radius 2 is 1.04 bits per heavy atom. The second-order valence-electron chi connectivity index (χ2n) is 25.4. The third-order valence-corrected chi connectivity index (χ3v) is 17.6. The maximum atomic E-state index is 13.4. The van der Waals surface area contributed by atoms with Crippen molar-refractivity contribution in [1.82, 2.24) is 10.6 Å². The Kier molecular flexibility index (Phi) is 43.4. The summed E-state index contributed by atoms with van der Waals surface area (Å²) >= 11 is 0. The highest BCUT2D eigenvalue weighted by molar-refractivity contribution is 5.77. The van der Waals surface area contributed by atoms with Gasteiger partial charge in [0.2, 0.25) is 11.8 Å². The number of carboxylic acids is 1. The van der Waals surface area contributed by atoms with E-state index in [1.165, 1.54) is 148 Å². The van der Waals surface area contributed by atoms with E-state index in [-0.39, 0.29) is 12.3 Å². The lowest BCUT2D eigenvalue weighted by Gasteiger charge is -2.50. The van der Waals surface area contributed by atoms with Gasteiger partial charge in [0.25, 0.3) is 5.79 Å². The van der Waals surface area contributed by atoms with Gasteiger partial charge in [-0.05, 0) is 44.9 Å². The second-order valence-corrected chi connectivity index (χ2v) is 25.4. The number of aliphatic hydroxyl groups excluding tert-OH is 11. The minimum absolute atomic E-state index is 0.198. The third kappa shape index (κ3) is 30.3. The maximum absolute atomic E-state index is 13.4. The molecule has 14 N–H and O–H groups in total. The molecule has 18 atom stereocenters. The molecule has 0 bridgehead atoms. The minimum Gasteiger partial charge on any atom is -0.477 e. The van der Waals surface area contributed by atoms with Gasteiger partial charge in [0, 0.05) is 19.8 Å². The van der Waals surface area contributed by atoms with Crippen LogP contribution in [0, 0.1) is 0 Å². The molecule has 0 aromatic heterocycles. The molecule has 23 nitrogen and oxygen atoms in total. The van der Waals surface area contributed by atoms with Crippen molar-refractivity contribution in [3.8, 4) is 0 Å². The molecule has 23 heteroatoms. The zero-order valence-corrected chi connectivity index (χ0v) is 54.7. The number of unbranched alkanes of at least 4 members (excludes halogenated alkanes) is 30. The molecular weight excluding hydrogens is 1170 g/mol. The Labute approximate surface area is 536 Å². The monoisotopic (exact) mass is 1290 g/mol. The Hall–Kier alpha value is -2.79. The molecule has 3 aliphatic rings. The van der Waals surface area contributed by atoms with Crippen LogP contribution in [0.2, 0.25) is 0 Å². The lowest BCUT2D eigenvalue weighted by atomic mass is 9.88. The van der Waals surface area contributed by atoms with Crippen LogP contribution in [-0.4, -0.2) is 215 Å². The molecule has 3 heterocycles. The summed E-state index contributed by atoms with van der Waals surface area (Å²) in [6.07, 6.45) is 18.2. The maximum Gasteiger partial charge on any atom is 0.364 e. The lowest BCUT2D eigenvalue weighted by Crippen LogP contribution is -2.70. The average molecular weight is 1290 g/mol. The molecule has 526 valence electrons. The molecule has 3 aliphatic heterocycles. The number of carbonyl (C=O) groups excluding carboxylic acids is 2. The van der Waals surface area contributed by atoms with Crippen molar-refractivity contribution in [2.75, 3.05) is 26.4 Å². The number of aliphatic carboxylic acids is 1.